The number of nitrogens with one attached hydrogen (secondary N) is 2. The second-order valence-electron chi connectivity index (χ2n) is 16.5. The quantitative estimate of drug-likeness (QED) is 0.165. The van der Waals surface area contributed by atoms with Crippen LogP contribution >= 0.6 is 0 Å². The molecule has 6 heterocycles. The number of carbonyl (C=O) groups is 3. The van der Waals surface area contributed by atoms with Crippen molar-refractivity contribution >= 4 is 51.0 Å². The summed E-state index contributed by atoms with van der Waals surface area (Å²) in [5, 5.41) is 19.9. The molecule has 14 nitrogen and oxygen atoms in total. The third-order valence-corrected chi connectivity index (χ3v) is 12.7. The van der Waals surface area contributed by atoms with E-state index >= 15 is 8.78 Å². The zero-order valence-electron chi connectivity index (χ0n) is 32.3. The van der Waals surface area contributed by atoms with Gasteiger partial charge < -0.3 is 10.2 Å². The molecule has 2 unspecified atom stereocenters. The van der Waals surface area contributed by atoms with Crippen molar-refractivity contribution < 1.29 is 36.3 Å². The second-order valence-corrected chi connectivity index (χ2v) is 16.5. The van der Waals surface area contributed by atoms with Crippen molar-refractivity contribution in [2.75, 3.05) is 36.4 Å². The smallest absolute Gasteiger partial charge is 0.364 e. The van der Waals surface area contributed by atoms with Crippen LogP contribution in [0.4, 0.5) is 33.3 Å². The number of anilines is 2. The van der Waals surface area contributed by atoms with Crippen molar-refractivity contribution in [2.45, 2.75) is 75.2 Å². The molecule has 2 aromatic carbocycles. The SMILES string of the molecule is Cn1c(=O)n(C2CCC(=O)NC2=O)c2cccc(N3CCC(N4CC5(CCC(n6cc7cc(NC(=O)c8cccc(C(F)(F)F)n8)c(C#N)cc7n6)CC5)C4)C(F)(F)C3)c21. The van der Waals surface area contributed by atoms with Gasteiger partial charge in [0.05, 0.1) is 52.1 Å². The molecule has 3 aromatic heterocycles. The number of piperidine rings is 2. The number of halogens is 5. The number of alkyl halides is 5. The van der Waals surface area contributed by atoms with E-state index in [1.807, 2.05) is 15.7 Å². The molecule has 4 aliphatic rings. The van der Waals surface area contributed by atoms with Crippen molar-refractivity contribution in [3.63, 3.8) is 0 Å². The lowest BCUT2D eigenvalue weighted by atomic mass is 9.66. The molecule has 2 atom stereocenters. The van der Waals surface area contributed by atoms with Gasteiger partial charge in [0, 0.05) is 44.7 Å². The molecule has 5 aromatic rings. The summed E-state index contributed by atoms with van der Waals surface area (Å²) in [5.41, 5.74) is -0.132. The fraction of sp³-hybridized carbons (Fsp3) is 0.439. The Morgan fingerprint density at radius 3 is 2.45 bits per heavy atom. The van der Waals surface area contributed by atoms with E-state index < -0.39 is 65.5 Å². The first-order chi connectivity index (χ1) is 28.5. The van der Waals surface area contributed by atoms with E-state index in [9.17, 15) is 37.6 Å². The van der Waals surface area contributed by atoms with Gasteiger partial charge in [-0.1, -0.05) is 12.1 Å². The Morgan fingerprint density at radius 1 is 1.00 bits per heavy atom. The maximum absolute atomic E-state index is 16.1. The van der Waals surface area contributed by atoms with Gasteiger partial charge in [-0.05, 0) is 80.3 Å². The maximum atomic E-state index is 16.1. The van der Waals surface area contributed by atoms with Crippen LogP contribution in [0.3, 0.4) is 0 Å². The van der Waals surface area contributed by atoms with Crippen LogP contribution in [0.2, 0.25) is 0 Å². The molecule has 1 saturated carbocycles. The lowest BCUT2D eigenvalue weighted by molar-refractivity contribution is -0.150. The molecular weight excluding hydrogens is 792 g/mol. The zero-order chi connectivity index (χ0) is 42.3. The molecule has 9 rings (SSSR count). The minimum atomic E-state index is -4.73. The maximum Gasteiger partial charge on any atom is 0.433 e. The van der Waals surface area contributed by atoms with E-state index in [1.54, 1.807) is 42.4 Å². The average Bonchev–Trinajstić information content (AvgIpc) is 3.73. The van der Waals surface area contributed by atoms with E-state index in [2.05, 4.69) is 15.6 Å². The second kappa shape index (κ2) is 14.2. The number of imide groups is 1. The van der Waals surface area contributed by atoms with Gasteiger partial charge in [0.15, 0.2) is 0 Å². The monoisotopic (exact) mass is 830 g/mol. The number of rotatable bonds is 6. The number of imidazole rings is 1. The highest BCUT2D eigenvalue weighted by molar-refractivity contribution is 6.05. The molecule has 19 heteroatoms. The normalized spacial score (nSPS) is 22.2. The van der Waals surface area contributed by atoms with Crippen molar-refractivity contribution in [1.29, 1.82) is 5.26 Å². The fourth-order valence-electron chi connectivity index (χ4n) is 9.70. The number of carbonyl (C=O) groups excluding carboxylic acids is 3. The Morgan fingerprint density at radius 2 is 1.75 bits per heavy atom. The molecule has 4 fully saturated rings. The van der Waals surface area contributed by atoms with Crippen molar-refractivity contribution in [2.24, 2.45) is 12.5 Å². The van der Waals surface area contributed by atoms with Crippen LogP contribution in [-0.4, -0.2) is 84.7 Å². The molecular formula is C41H39F5N10O4. The van der Waals surface area contributed by atoms with E-state index in [0.717, 1.165) is 43.9 Å². The van der Waals surface area contributed by atoms with Gasteiger partial charge in [-0.15, -0.1) is 0 Å². The number of aromatic nitrogens is 5. The molecule has 312 valence electrons. The first-order valence-corrected chi connectivity index (χ1v) is 19.7. The highest BCUT2D eigenvalue weighted by Gasteiger charge is 2.55. The molecule has 3 amide bonds. The zero-order valence-corrected chi connectivity index (χ0v) is 32.3. The van der Waals surface area contributed by atoms with E-state index in [-0.39, 0.29) is 42.0 Å². The summed E-state index contributed by atoms with van der Waals surface area (Å²) in [6.45, 7) is 0.912. The first kappa shape index (κ1) is 39.3. The Labute approximate surface area is 338 Å². The number of hydrogen-bond acceptors (Lipinski definition) is 9. The minimum Gasteiger partial charge on any atom is -0.364 e. The van der Waals surface area contributed by atoms with Crippen LogP contribution < -0.4 is 21.2 Å². The Kier molecular flexibility index (Phi) is 9.33. The minimum absolute atomic E-state index is 0.0168. The fourth-order valence-corrected chi connectivity index (χ4v) is 9.70. The van der Waals surface area contributed by atoms with Gasteiger partial charge in [0.2, 0.25) is 11.8 Å². The van der Waals surface area contributed by atoms with Gasteiger partial charge in [-0.2, -0.15) is 23.5 Å². The number of fused-ring (bicyclic) bond motifs is 2. The Hall–Kier alpha value is -6.16. The number of amides is 3. The summed E-state index contributed by atoms with van der Waals surface area (Å²) >= 11 is 0. The summed E-state index contributed by atoms with van der Waals surface area (Å²) in [5.74, 6) is -4.92. The Balaban J connectivity index is 0.838. The van der Waals surface area contributed by atoms with Crippen molar-refractivity contribution in [1.82, 2.24) is 34.1 Å². The number of benzene rings is 2. The molecule has 0 bridgehead atoms. The number of aryl methyl sites for hydroxylation is 1. The average molecular weight is 831 g/mol. The molecule has 0 radical (unpaired) electrons. The van der Waals surface area contributed by atoms with Gasteiger partial charge in [0.25, 0.3) is 11.8 Å². The van der Waals surface area contributed by atoms with Crippen LogP contribution in [0, 0.1) is 16.7 Å². The predicted molar refractivity (Wildman–Crippen MR) is 207 cm³/mol. The molecule has 3 aliphatic heterocycles. The molecule has 1 aliphatic carbocycles. The molecule has 3 saturated heterocycles. The molecule has 1 spiro atoms. The van der Waals surface area contributed by atoms with Gasteiger partial charge in [-0.25, -0.2) is 18.6 Å². The number of nitrogens with zero attached hydrogens (tertiary/aromatic N) is 8. The van der Waals surface area contributed by atoms with Crippen LogP contribution in [0.5, 0.6) is 0 Å². The number of hydrogen-bond donors (Lipinski definition) is 2. The van der Waals surface area contributed by atoms with Crippen LogP contribution in [0.1, 0.15) is 78.8 Å². The van der Waals surface area contributed by atoms with Crippen LogP contribution in [0.25, 0.3) is 21.9 Å². The number of pyridine rings is 1. The summed E-state index contributed by atoms with van der Waals surface area (Å²) in [4.78, 5) is 57.7. The van der Waals surface area contributed by atoms with Gasteiger partial charge >= 0.3 is 11.9 Å². The molecule has 60 heavy (non-hydrogen) atoms. The van der Waals surface area contributed by atoms with Crippen LogP contribution in [0.15, 0.2) is 59.5 Å². The third-order valence-electron chi connectivity index (χ3n) is 12.7. The highest BCUT2D eigenvalue weighted by Crippen LogP contribution is 2.50. The number of nitriles is 1. The van der Waals surface area contributed by atoms with E-state index in [0.29, 0.717) is 47.3 Å². The summed E-state index contributed by atoms with van der Waals surface area (Å²) in [7, 11) is 1.56. The molecule has 2 N–H and O–H groups in total. The van der Waals surface area contributed by atoms with Gasteiger partial charge in [0.1, 0.15) is 23.5 Å². The lowest BCUT2D eigenvalue weighted by Gasteiger charge is -2.58. The summed E-state index contributed by atoms with van der Waals surface area (Å²) in [6.07, 6.45) is 0.684. The van der Waals surface area contributed by atoms with E-state index in [1.165, 1.54) is 15.2 Å². The lowest BCUT2D eigenvalue weighted by Crippen LogP contribution is -2.68. The topological polar surface area (TPSA) is 163 Å². The summed E-state index contributed by atoms with van der Waals surface area (Å²) in [6, 6.07) is 11.4. The van der Waals surface area contributed by atoms with Crippen LogP contribution in [-0.2, 0) is 22.8 Å². The number of likely N-dealkylation sites (tertiary alicyclic amines) is 1. The first-order valence-electron chi connectivity index (χ1n) is 19.7. The van der Waals surface area contributed by atoms with Gasteiger partial charge in [-0.3, -0.25) is 38.4 Å². The highest BCUT2D eigenvalue weighted by atomic mass is 19.4. The standard InChI is InChI=1S/C41H39F5N10O4/c1-52-35-29(5-3-6-30(35)56(38(52)60)31-8-9-34(57)50-37(31)59)53-15-12-33(40(42,43)22-53)54-20-39(21-54)13-10-25(11-14-39)55-19-24-17-27(23(18-47)16-28(24)51-55)49-36(58)26-4-2-7-32(48-26)41(44,45)46/h2-7,16-17,19,25,31,33H,8-15,20-22H2,1H3,(H,49,58)(H,50,57,59). The summed E-state index contributed by atoms with van der Waals surface area (Å²) < 4.78 is 76.3. The third kappa shape index (κ3) is 6.75. The predicted octanol–water partition coefficient (Wildman–Crippen LogP) is 5.54. The largest absolute Gasteiger partial charge is 0.433 e. The van der Waals surface area contributed by atoms with Crippen molar-refractivity contribution in [3.05, 3.63) is 82.2 Å². The van der Waals surface area contributed by atoms with E-state index in [4.69, 9.17) is 5.10 Å². The van der Waals surface area contributed by atoms with Crippen molar-refractivity contribution in [3.8, 4) is 6.07 Å². The number of para-hydroxylation sites is 1. The Bertz CT molecular complexity index is 2680.